The number of aromatic amines is 1. The quantitative estimate of drug-likeness (QED) is 0.817. The monoisotopic (exact) mass is 236 g/mol. The molecule has 1 aromatic rings. The molecule has 0 aliphatic heterocycles. The first-order valence-corrected chi connectivity index (χ1v) is 6.51. The van der Waals surface area contributed by atoms with Crippen LogP contribution in [0.3, 0.4) is 0 Å². The molecule has 2 N–H and O–H groups in total. The Balaban J connectivity index is 1.86. The average molecular weight is 236 g/mol. The molecule has 0 amide bonds. The zero-order chi connectivity index (χ0) is 12.3. The molecule has 0 radical (unpaired) electrons. The molecule has 0 aromatic carbocycles. The third-order valence-electron chi connectivity index (χ3n) is 4.16. The van der Waals surface area contributed by atoms with E-state index >= 15 is 0 Å². The Morgan fingerprint density at radius 3 is 2.65 bits per heavy atom. The number of rotatable bonds is 5. The van der Waals surface area contributed by atoms with Gasteiger partial charge in [-0.1, -0.05) is 12.8 Å². The van der Waals surface area contributed by atoms with Gasteiger partial charge >= 0.3 is 0 Å². The molecule has 0 saturated heterocycles. The maximum Gasteiger partial charge on any atom is 0.0925 e. The average Bonchev–Trinajstić information content (AvgIpc) is 2.90. The first-order valence-electron chi connectivity index (χ1n) is 6.51. The number of likely N-dealkylation sites (N-methyl/N-ethyl adjacent to an activating group) is 1. The number of hydrogen-bond donors (Lipinski definition) is 2. The van der Waals surface area contributed by atoms with Gasteiger partial charge in [0, 0.05) is 24.3 Å². The predicted molar refractivity (Wildman–Crippen MR) is 69.9 cm³/mol. The van der Waals surface area contributed by atoms with Crippen molar-refractivity contribution in [3.8, 4) is 0 Å². The summed E-state index contributed by atoms with van der Waals surface area (Å²) >= 11 is 0. The van der Waals surface area contributed by atoms with Crippen molar-refractivity contribution in [2.45, 2.75) is 44.7 Å². The highest BCUT2D eigenvalue weighted by Crippen LogP contribution is 2.33. The van der Waals surface area contributed by atoms with E-state index in [1.165, 1.54) is 31.4 Å². The van der Waals surface area contributed by atoms with Gasteiger partial charge in [-0.25, -0.2) is 4.98 Å². The summed E-state index contributed by atoms with van der Waals surface area (Å²) in [5, 5.41) is 3.57. The maximum atomic E-state index is 4.32. The molecule has 17 heavy (non-hydrogen) atoms. The molecule has 2 rings (SSSR count). The second-order valence-corrected chi connectivity index (χ2v) is 5.40. The summed E-state index contributed by atoms with van der Waals surface area (Å²) in [4.78, 5) is 9.83. The summed E-state index contributed by atoms with van der Waals surface area (Å²) in [5.41, 5.74) is 2.67. The lowest BCUT2D eigenvalue weighted by molar-refractivity contribution is 0.153. The Hall–Kier alpha value is -0.870. The SMILES string of the molecule is Cc1[nH]cnc1CNCC1(N(C)C)CCCC1. The van der Waals surface area contributed by atoms with Gasteiger partial charge in [0.15, 0.2) is 0 Å². The van der Waals surface area contributed by atoms with Crippen LogP contribution in [0.1, 0.15) is 37.1 Å². The largest absolute Gasteiger partial charge is 0.348 e. The molecule has 4 nitrogen and oxygen atoms in total. The molecule has 1 fully saturated rings. The molecule has 1 aliphatic rings. The Morgan fingerprint density at radius 1 is 1.41 bits per heavy atom. The Kier molecular flexibility index (Phi) is 3.84. The van der Waals surface area contributed by atoms with Crippen LogP contribution in [0, 0.1) is 6.92 Å². The number of aryl methyl sites for hydroxylation is 1. The van der Waals surface area contributed by atoms with Crippen molar-refractivity contribution in [2.24, 2.45) is 0 Å². The topological polar surface area (TPSA) is 44.0 Å². The number of hydrogen-bond acceptors (Lipinski definition) is 3. The summed E-state index contributed by atoms with van der Waals surface area (Å²) in [6, 6.07) is 0. The van der Waals surface area contributed by atoms with E-state index in [1.54, 1.807) is 6.33 Å². The zero-order valence-electron chi connectivity index (χ0n) is 11.2. The van der Waals surface area contributed by atoms with Gasteiger partial charge in [0.05, 0.1) is 12.0 Å². The molecule has 96 valence electrons. The predicted octanol–water partition coefficient (Wildman–Crippen LogP) is 1.68. The Bertz CT molecular complexity index is 350. The highest BCUT2D eigenvalue weighted by Gasteiger charge is 2.35. The van der Waals surface area contributed by atoms with Crippen molar-refractivity contribution in [1.29, 1.82) is 0 Å². The zero-order valence-corrected chi connectivity index (χ0v) is 11.2. The Labute approximate surface area is 104 Å². The third kappa shape index (κ3) is 2.69. The van der Waals surface area contributed by atoms with Crippen molar-refractivity contribution in [3.05, 3.63) is 17.7 Å². The van der Waals surface area contributed by atoms with Crippen LogP contribution in [-0.4, -0.2) is 41.0 Å². The normalized spacial score (nSPS) is 19.1. The number of nitrogens with one attached hydrogen (secondary N) is 2. The van der Waals surface area contributed by atoms with Gasteiger partial charge in [0.25, 0.3) is 0 Å². The third-order valence-corrected chi connectivity index (χ3v) is 4.16. The number of H-pyrrole nitrogens is 1. The highest BCUT2D eigenvalue weighted by molar-refractivity contribution is 5.08. The van der Waals surface area contributed by atoms with Gasteiger partial charge in [0.2, 0.25) is 0 Å². The minimum Gasteiger partial charge on any atom is -0.348 e. The summed E-state index contributed by atoms with van der Waals surface area (Å²) in [6.07, 6.45) is 7.12. The van der Waals surface area contributed by atoms with Gasteiger partial charge in [-0.15, -0.1) is 0 Å². The van der Waals surface area contributed by atoms with Crippen LogP contribution in [-0.2, 0) is 6.54 Å². The molecule has 1 aliphatic carbocycles. The fourth-order valence-electron chi connectivity index (χ4n) is 2.79. The number of aromatic nitrogens is 2. The van der Waals surface area contributed by atoms with Crippen molar-refractivity contribution in [3.63, 3.8) is 0 Å². The first-order chi connectivity index (χ1) is 8.14. The van der Waals surface area contributed by atoms with Crippen LogP contribution in [0.4, 0.5) is 0 Å². The highest BCUT2D eigenvalue weighted by atomic mass is 15.2. The van der Waals surface area contributed by atoms with E-state index < -0.39 is 0 Å². The van der Waals surface area contributed by atoms with Gasteiger partial charge in [0.1, 0.15) is 0 Å². The fourth-order valence-corrected chi connectivity index (χ4v) is 2.79. The van der Waals surface area contributed by atoms with E-state index in [1.807, 2.05) is 0 Å². The van der Waals surface area contributed by atoms with Crippen LogP contribution in [0.5, 0.6) is 0 Å². The second kappa shape index (κ2) is 5.19. The Morgan fingerprint density at radius 2 is 2.12 bits per heavy atom. The van der Waals surface area contributed by atoms with Gasteiger partial charge < -0.3 is 15.2 Å². The summed E-state index contributed by atoms with van der Waals surface area (Å²) in [7, 11) is 4.40. The first kappa shape index (κ1) is 12.6. The van der Waals surface area contributed by atoms with E-state index in [2.05, 4.69) is 41.2 Å². The van der Waals surface area contributed by atoms with E-state index in [0.717, 1.165) is 18.8 Å². The summed E-state index contributed by atoms with van der Waals surface area (Å²) in [6.45, 7) is 4.00. The lowest BCUT2D eigenvalue weighted by Crippen LogP contribution is -2.49. The fraction of sp³-hybridized carbons (Fsp3) is 0.769. The minimum atomic E-state index is 0.365. The molecule has 0 unspecified atom stereocenters. The molecule has 4 heteroatoms. The smallest absolute Gasteiger partial charge is 0.0925 e. The number of imidazole rings is 1. The lowest BCUT2D eigenvalue weighted by atomic mass is 9.96. The van der Waals surface area contributed by atoms with Crippen LogP contribution in [0.25, 0.3) is 0 Å². The molecular weight excluding hydrogens is 212 g/mol. The summed E-state index contributed by atoms with van der Waals surface area (Å²) in [5.74, 6) is 0. The van der Waals surface area contributed by atoms with Crippen molar-refractivity contribution >= 4 is 0 Å². The second-order valence-electron chi connectivity index (χ2n) is 5.40. The van der Waals surface area contributed by atoms with Crippen LogP contribution in [0.2, 0.25) is 0 Å². The molecule has 0 atom stereocenters. The van der Waals surface area contributed by atoms with E-state index in [0.29, 0.717) is 5.54 Å². The molecule has 1 aromatic heterocycles. The van der Waals surface area contributed by atoms with Gasteiger partial charge in [-0.05, 0) is 33.9 Å². The van der Waals surface area contributed by atoms with Crippen molar-refractivity contribution in [1.82, 2.24) is 20.2 Å². The van der Waals surface area contributed by atoms with Crippen molar-refractivity contribution in [2.75, 3.05) is 20.6 Å². The molecule has 0 bridgehead atoms. The van der Waals surface area contributed by atoms with E-state index in [4.69, 9.17) is 0 Å². The summed E-state index contributed by atoms with van der Waals surface area (Å²) < 4.78 is 0. The maximum absolute atomic E-state index is 4.32. The van der Waals surface area contributed by atoms with E-state index in [9.17, 15) is 0 Å². The van der Waals surface area contributed by atoms with Gasteiger partial charge in [-0.2, -0.15) is 0 Å². The van der Waals surface area contributed by atoms with Crippen LogP contribution in [0.15, 0.2) is 6.33 Å². The van der Waals surface area contributed by atoms with Crippen LogP contribution < -0.4 is 5.32 Å². The molecule has 1 heterocycles. The van der Waals surface area contributed by atoms with Crippen LogP contribution >= 0.6 is 0 Å². The van der Waals surface area contributed by atoms with Crippen molar-refractivity contribution < 1.29 is 0 Å². The molecule has 1 saturated carbocycles. The van der Waals surface area contributed by atoms with E-state index in [-0.39, 0.29) is 0 Å². The number of nitrogens with zero attached hydrogens (tertiary/aromatic N) is 2. The molecule has 0 spiro atoms. The minimum absolute atomic E-state index is 0.365. The van der Waals surface area contributed by atoms with Gasteiger partial charge in [-0.3, -0.25) is 0 Å². The standard InChI is InChI=1S/C13H24N4/c1-11-12(16-10-15-11)8-14-9-13(17(2)3)6-4-5-7-13/h10,14H,4-9H2,1-3H3,(H,15,16). The molecular formula is C13H24N4. The lowest BCUT2D eigenvalue weighted by Gasteiger charge is -2.36.